The lowest BCUT2D eigenvalue weighted by Crippen LogP contribution is -2.60. The Bertz CT molecular complexity index is 2090. The Labute approximate surface area is 409 Å². The number of pyridine rings is 2. The molecule has 0 spiro atoms. The summed E-state index contributed by atoms with van der Waals surface area (Å²) in [5.74, 6) is -4.28. The van der Waals surface area contributed by atoms with Crippen LogP contribution in [-0.2, 0) is 50.9 Å². The average molecular weight is 964 g/mol. The van der Waals surface area contributed by atoms with Crippen LogP contribution in [-0.4, -0.2) is 160 Å². The number of aryl methyl sites for hydroxylation is 1. The molecular formula is C53H81N5O11. The van der Waals surface area contributed by atoms with Gasteiger partial charge in [-0.1, -0.05) is 45.0 Å². The smallest absolute Gasteiger partial charge is 0.312 e. The summed E-state index contributed by atoms with van der Waals surface area (Å²) in [4.78, 5) is 55.4. The molecule has 14 atom stereocenters. The molecular weight excluding hydrogens is 883 g/mol. The van der Waals surface area contributed by atoms with Gasteiger partial charge in [0.15, 0.2) is 6.29 Å². The molecule has 0 unspecified atom stereocenters. The first-order valence-corrected chi connectivity index (χ1v) is 25.0. The van der Waals surface area contributed by atoms with Gasteiger partial charge in [0.1, 0.15) is 41.7 Å². The molecule has 2 saturated heterocycles. The summed E-state index contributed by atoms with van der Waals surface area (Å²) in [6.45, 7) is 15.5. The highest BCUT2D eigenvalue weighted by Crippen LogP contribution is 2.40. The van der Waals surface area contributed by atoms with Crippen molar-refractivity contribution in [2.24, 2.45) is 17.8 Å². The molecule has 3 aromatic rings. The number of hydrogen-bond acceptors (Lipinski definition) is 16. The number of carbonyl (C=O) groups excluding carboxylic acids is 3. The molecule has 16 heteroatoms. The fourth-order valence-electron chi connectivity index (χ4n) is 10.3. The van der Waals surface area contributed by atoms with Gasteiger partial charge in [-0.05, 0) is 137 Å². The van der Waals surface area contributed by atoms with Gasteiger partial charge in [0.25, 0.3) is 0 Å². The molecule has 384 valence electrons. The maximum Gasteiger partial charge on any atom is 0.312 e. The number of fused-ring (bicyclic) bond motifs is 1. The molecule has 2 aliphatic rings. The van der Waals surface area contributed by atoms with Gasteiger partial charge in [-0.25, -0.2) is 0 Å². The molecule has 5 rings (SSSR count). The zero-order valence-corrected chi connectivity index (χ0v) is 42.9. The van der Waals surface area contributed by atoms with Gasteiger partial charge in [-0.3, -0.25) is 24.4 Å². The average Bonchev–Trinajstić information content (AvgIpc) is 3.30. The summed E-state index contributed by atoms with van der Waals surface area (Å²) in [7, 11) is 5.59. The Morgan fingerprint density at radius 1 is 0.986 bits per heavy atom. The second-order valence-corrected chi connectivity index (χ2v) is 20.5. The van der Waals surface area contributed by atoms with Crippen molar-refractivity contribution < 1.29 is 53.4 Å². The Morgan fingerprint density at radius 3 is 2.41 bits per heavy atom. The highest BCUT2D eigenvalue weighted by molar-refractivity contribution is 5.78. The SMILES string of the molecule is CC[C@H]1OC(=O)[C@H](C)[C@@H](OC(=O)Cc2ccccn2)[C@H](C)[C@@H](O[C@@H]2O[C@H](C)C[C@H](N(C)C)[C@H]2O)[C@](C)(OC(=O)CCNCCCCc2cnc3ccccc3c2)C[C@@H](C)CN(C)[C@H](C)[C@@H](O)[C@]1(C)O. The standard InChI is InChI=1S/C53H81N5O11/c1-12-43-53(8,64)48(62)37(6)58(11)32-33(2)30-52(7,69-44(59)23-26-54-24-17-15-19-38-28-39-20-13-14-22-41(39)56-31-38)49(68-51-46(61)42(57(9)10)27-34(3)65-51)35(4)47(36(5)50(63)66-43)67-45(60)29-40-21-16-18-25-55-40/h13-14,16,18,20-22,25,28,31,33-37,42-43,46-49,51,54,61-62,64H,12,15,17,19,23-24,26-27,29-30,32H2,1-11H3/t33-,34-,35+,36-,37-,42+,43-,46-,47+,48-,49-,51+,52-,53-/m1/s1. The molecule has 2 fully saturated rings. The summed E-state index contributed by atoms with van der Waals surface area (Å²) in [5.41, 5.74) is -0.763. The minimum atomic E-state index is -1.87. The van der Waals surface area contributed by atoms with Crippen molar-refractivity contribution in [3.05, 3.63) is 72.2 Å². The number of ether oxygens (including phenoxy) is 5. The number of benzene rings is 1. The number of cyclic esters (lactones) is 1. The Morgan fingerprint density at radius 2 is 1.71 bits per heavy atom. The largest absolute Gasteiger partial charge is 0.461 e. The van der Waals surface area contributed by atoms with Crippen LogP contribution in [0.2, 0.25) is 0 Å². The number of rotatable bonds is 16. The van der Waals surface area contributed by atoms with Gasteiger partial charge in [0.05, 0.1) is 36.1 Å². The lowest BCUT2D eigenvalue weighted by molar-refractivity contribution is -0.301. The molecule has 2 aliphatic heterocycles. The second kappa shape index (κ2) is 25.3. The predicted octanol–water partition coefficient (Wildman–Crippen LogP) is 5.27. The Kier molecular flexibility index (Phi) is 20.5. The maximum absolute atomic E-state index is 14.5. The molecule has 0 amide bonds. The lowest BCUT2D eigenvalue weighted by atomic mass is 9.77. The molecule has 69 heavy (non-hydrogen) atoms. The van der Waals surface area contributed by atoms with E-state index in [0.717, 1.165) is 30.2 Å². The van der Waals surface area contributed by atoms with Gasteiger partial charge in [-0.15, -0.1) is 0 Å². The minimum absolute atomic E-state index is 0.0315. The highest BCUT2D eigenvalue weighted by atomic mass is 16.7. The maximum atomic E-state index is 14.5. The summed E-state index contributed by atoms with van der Waals surface area (Å²) >= 11 is 0. The van der Waals surface area contributed by atoms with Crippen molar-refractivity contribution in [1.82, 2.24) is 25.1 Å². The fraction of sp³-hybridized carbons (Fsp3) is 0.679. The first-order valence-electron chi connectivity index (χ1n) is 25.0. The molecule has 0 aliphatic carbocycles. The van der Waals surface area contributed by atoms with Crippen LogP contribution in [0.1, 0.15) is 105 Å². The number of para-hydroxylation sites is 1. The van der Waals surface area contributed by atoms with Crippen LogP contribution in [0.25, 0.3) is 10.9 Å². The summed E-state index contributed by atoms with van der Waals surface area (Å²) in [6.07, 6.45) is -0.628. The molecule has 2 aromatic heterocycles. The number of nitrogens with one attached hydrogen (secondary N) is 1. The second-order valence-electron chi connectivity index (χ2n) is 20.5. The third kappa shape index (κ3) is 15.0. The third-order valence-corrected chi connectivity index (χ3v) is 14.3. The van der Waals surface area contributed by atoms with Gasteiger partial charge in [0, 0.05) is 48.9 Å². The molecule has 16 nitrogen and oxygen atoms in total. The van der Waals surface area contributed by atoms with E-state index in [-0.39, 0.29) is 43.7 Å². The van der Waals surface area contributed by atoms with E-state index in [0.29, 0.717) is 31.7 Å². The van der Waals surface area contributed by atoms with E-state index in [1.807, 2.05) is 69.2 Å². The highest BCUT2D eigenvalue weighted by Gasteiger charge is 2.53. The zero-order valence-electron chi connectivity index (χ0n) is 42.9. The van der Waals surface area contributed by atoms with E-state index in [2.05, 4.69) is 27.4 Å². The Hall–Kier alpha value is -4.13. The number of aliphatic hydroxyl groups excluding tert-OH is 2. The van der Waals surface area contributed by atoms with E-state index < -0.39 is 83.8 Å². The van der Waals surface area contributed by atoms with E-state index >= 15 is 0 Å². The van der Waals surface area contributed by atoms with E-state index in [9.17, 15) is 29.7 Å². The van der Waals surface area contributed by atoms with Crippen LogP contribution in [0, 0.1) is 17.8 Å². The number of unbranched alkanes of at least 4 members (excludes halogenated alkanes) is 1. The van der Waals surface area contributed by atoms with Crippen molar-refractivity contribution in [1.29, 1.82) is 0 Å². The van der Waals surface area contributed by atoms with Crippen molar-refractivity contribution >= 4 is 28.8 Å². The number of esters is 3. The van der Waals surface area contributed by atoms with Crippen LogP contribution in [0.4, 0.5) is 0 Å². The summed E-state index contributed by atoms with van der Waals surface area (Å²) in [6, 6.07) is 14.5. The van der Waals surface area contributed by atoms with Crippen LogP contribution in [0.15, 0.2) is 60.9 Å². The molecule has 4 heterocycles. The molecule has 1 aromatic carbocycles. The Balaban J connectivity index is 1.47. The fourth-order valence-corrected chi connectivity index (χ4v) is 10.3. The topological polar surface area (TPSA) is 202 Å². The minimum Gasteiger partial charge on any atom is -0.461 e. The normalized spacial score (nSPS) is 33.3. The quantitative estimate of drug-likeness (QED) is 0.0822. The predicted molar refractivity (Wildman–Crippen MR) is 263 cm³/mol. The summed E-state index contributed by atoms with van der Waals surface area (Å²) in [5, 5.41) is 40.0. The number of hydrogen-bond donors (Lipinski definition) is 4. The van der Waals surface area contributed by atoms with Gasteiger partial charge < -0.3 is 54.1 Å². The van der Waals surface area contributed by atoms with Crippen LogP contribution in [0.5, 0.6) is 0 Å². The van der Waals surface area contributed by atoms with Gasteiger partial charge in [0.2, 0.25) is 0 Å². The molecule has 0 bridgehead atoms. The zero-order chi connectivity index (χ0) is 50.6. The number of likely N-dealkylation sites (N-methyl/N-ethyl adjacent to an activating group) is 2. The summed E-state index contributed by atoms with van der Waals surface area (Å²) < 4.78 is 32.4. The van der Waals surface area contributed by atoms with Crippen molar-refractivity contribution in [3.8, 4) is 0 Å². The van der Waals surface area contributed by atoms with Crippen LogP contribution >= 0.6 is 0 Å². The first kappa shape index (κ1) is 55.8. The van der Waals surface area contributed by atoms with Crippen LogP contribution in [0.3, 0.4) is 0 Å². The third-order valence-electron chi connectivity index (χ3n) is 14.3. The first-order chi connectivity index (χ1) is 32.6. The number of aliphatic hydroxyl groups is 3. The number of nitrogens with zero attached hydrogens (tertiary/aromatic N) is 4. The van der Waals surface area contributed by atoms with Crippen molar-refractivity contribution in [2.75, 3.05) is 40.8 Å². The van der Waals surface area contributed by atoms with Gasteiger partial charge >= 0.3 is 17.9 Å². The van der Waals surface area contributed by atoms with E-state index in [1.54, 1.807) is 59.0 Å². The molecule has 4 N–H and O–H groups in total. The van der Waals surface area contributed by atoms with Crippen molar-refractivity contribution in [3.63, 3.8) is 0 Å². The van der Waals surface area contributed by atoms with E-state index in [1.165, 1.54) is 12.5 Å². The van der Waals surface area contributed by atoms with Gasteiger partial charge in [-0.2, -0.15) is 0 Å². The monoisotopic (exact) mass is 964 g/mol. The lowest BCUT2D eigenvalue weighted by Gasteiger charge is -2.48. The molecule has 0 saturated carbocycles. The van der Waals surface area contributed by atoms with Crippen LogP contribution < -0.4 is 5.32 Å². The number of carbonyl (C=O) groups is 3. The van der Waals surface area contributed by atoms with E-state index in [4.69, 9.17) is 23.7 Å². The number of aromatic nitrogens is 2. The van der Waals surface area contributed by atoms with Crippen molar-refractivity contribution in [2.45, 2.75) is 173 Å². The molecule has 0 radical (unpaired) electrons.